The van der Waals surface area contributed by atoms with Crippen molar-refractivity contribution in [1.82, 2.24) is 5.32 Å². The number of furan rings is 1. The van der Waals surface area contributed by atoms with Gasteiger partial charge in [0.05, 0.1) is 32.7 Å². The summed E-state index contributed by atoms with van der Waals surface area (Å²) in [5, 5.41) is 6.78. The zero-order valence-electron chi connectivity index (χ0n) is 13.4. The molecule has 2 heterocycles. The Balaban J connectivity index is 1.61. The second-order valence-electron chi connectivity index (χ2n) is 5.20. The Morgan fingerprint density at radius 3 is 2.83 bits per heavy atom. The lowest BCUT2D eigenvalue weighted by atomic mass is 10.0. The molecule has 0 aliphatic carbocycles. The lowest BCUT2D eigenvalue weighted by molar-refractivity contribution is -0.131. The number of benzene rings is 1. The number of nitrogens with one attached hydrogen (secondary N) is 1. The van der Waals surface area contributed by atoms with Gasteiger partial charge >= 0.3 is 0 Å². The van der Waals surface area contributed by atoms with E-state index in [1.165, 1.54) is 0 Å². The first-order valence-corrected chi connectivity index (χ1v) is 7.46. The van der Waals surface area contributed by atoms with Gasteiger partial charge in [-0.15, -0.1) is 0 Å². The van der Waals surface area contributed by atoms with E-state index >= 15 is 0 Å². The van der Waals surface area contributed by atoms with Crippen molar-refractivity contribution >= 4 is 11.6 Å². The van der Waals surface area contributed by atoms with Gasteiger partial charge in [-0.2, -0.15) is 0 Å². The van der Waals surface area contributed by atoms with Gasteiger partial charge in [0.15, 0.2) is 11.5 Å². The highest BCUT2D eigenvalue weighted by atomic mass is 16.6. The Labute approximate surface area is 139 Å². The average molecular weight is 330 g/mol. The highest BCUT2D eigenvalue weighted by Gasteiger charge is 2.29. The number of amides is 1. The number of hydrogen-bond donors (Lipinski definition) is 1. The smallest absolute Gasteiger partial charge is 0.264 e. The first-order chi connectivity index (χ1) is 11.7. The quantitative estimate of drug-likeness (QED) is 0.877. The molecule has 0 radical (unpaired) electrons. The van der Waals surface area contributed by atoms with Crippen LogP contribution in [0.5, 0.6) is 11.5 Å². The Morgan fingerprint density at radius 2 is 2.12 bits per heavy atom. The van der Waals surface area contributed by atoms with Crippen molar-refractivity contribution in [3.63, 3.8) is 0 Å². The minimum absolute atomic E-state index is 0.231. The number of ether oxygens (including phenoxy) is 2. The molecule has 126 valence electrons. The molecule has 3 rings (SSSR count). The molecule has 0 unspecified atom stereocenters. The second kappa shape index (κ2) is 7.08. The maximum Gasteiger partial charge on any atom is 0.264 e. The third-order valence-electron chi connectivity index (χ3n) is 3.70. The standard InChI is InChI=1S/C17H18N2O5/c1-21-14-6-5-11(8-15(14)22-2)13-9-16(24-19-13)17(20)18-10-12-4-3-7-23-12/h3-8,16H,9-10H2,1-2H3,(H,18,20)/t16-/m0/s1. The Hall–Kier alpha value is -2.96. The molecule has 0 bridgehead atoms. The Morgan fingerprint density at radius 1 is 1.29 bits per heavy atom. The van der Waals surface area contributed by atoms with Crippen LogP contribution in [0.25, 0.3) is 0 Å². The minimum Gasteiger partial charge on any atom is -0.493 e. The van der Waals surface area contributed by atoms with Crippen LogP contribution in [0.1, 0.15) is 17.7 Å². The molecule has 24 heavy (non-hydrogen) atoms. The Bertz CT molecular complexity index is 739. The highest BCUT2D eigenvalue weighted by molar-refractivity contribution is 6.04. The van der Waals surface area contributed by atoms with E-state index in [2.05, 4.69) is 10.5 Å². The first-order valence-electron chi connectivity index (χ1n) is 7.46. The largest absolute Gasteiger partial charge is 0.493 e. The molecule has 0 saturated heterocycles. The fourth-order valence-corrected chi connectivity index (χ4v) is 2.41. The third kappa shape index (κ3) is 3.34. The summed E-state index contributed by atoms with van der Waals surface area (Å²) >= 11 is 0. The van der Waals surface area contributed by atoms with E-state index in [0.717, 1.165) is 5.56 Å². The van der Waals surface area contributed by atoms with Crippen LogP contribution >= 0.6 is 0 Å². The fraction of sp³-hybridized carbons (Fsp3) is 0.294. The van der Waals surface area contributed by atoms with Crippen molar-refractivity contribution in [1.29, 1.82) is 0 Å². The molecule has 7 heteroatoms. The number of methoxy groups -OCH3 is 2. The summed E-state index contributed by atoms with van der Waals surface area (Å²) in [7, 11) is 3.15. The van der Waals surface area contributed by atoms with Crippen LogP contribution in [0.4, 0.5) is 0 Å². The van der Waals surface area contributed by atoms with E-state index < -0.39 is 6.10 Å². The molecule has 1 atom stereocenters. The summed E-state index contributed by atoms with van der Waals surface area (Å²) in [5.41, 5.74) is 1.52. The molecule has 1 aliphatic rings. The van der Waals surface area contributed by atoms with Crippen LogP contribution in [-0.4, -0.2) is 31.9 Å². The van der Waals surface area contributed by atoms with Crippen molar-refractivity contribution < 1.29 is 23.5 Å². The molecule has 1 amide bonds. The number of oxime groups is 1. The van der Waals surface area contributed by atoms with E-state index in [0.29, 0.717) is 35.9 Å². The van der Waals surface area contributed by atoms with Gasteiger partial charge in [-0.25, -0.2) is 0 Å². The molecular weight excluding hydrogens is 312 g/mol. The zero-order chi connectivity index (χ0) is 16.9. The molecular formula is C17H18N2O5. The molecule has 1 aromatic heterocycles. The average Bonchev–Trinajstić information content (AvgIpc) is 3.30. The van der Waals surface area contributed by atoms with E-state index in [1.54, 1.807) is 38.7 Å². The van der Waals surface area contributed by atoms with Crippen molar-refractivity contribution in [2.24, 2.45) is 5.16 Å². The summed E-state index contributed by atoms with van der Waals surface area (Å²) < 4.78 is 15.7. The van der Waals surface area contributed by atoms with Crippen LogP contribution in [0, 0.1) is 0 Å². The predicted octanol–water partition coefficient (Wildman–Crippen LogP) is 2.11. The van der Waals surface area contributed by atoms with Crippen LogP contribution in [0.2, 0.25) is 0 Å². The van der Waals surface area contributed by atoms with E-state index in [-0.39, 0.29) is 5.91 Å². The number of carbonyl (C=O) groups excluding carboxylic acids is 1. The first kappa shape index (κ1) is 15.9. The maximum absolute atomic E-state index is 12.1. The van der Waals surface area contributed by atoms with Gasteiger partial charge in [0, 0.05) is 12.0 Å². The molecule has 0 saturated carbocycles. The van der Waals surface area contributed by atoms with Gasteiger partial charge < -0.3 is 24.0 Å². The monoisotopic (exact) mass is 330 g/mol. The minimum atomic E-state index is -0.650. The molecule has 7 nitrogen and oxygen atoms in total. The van der Waals surface area contributed by atoms with E-state index in [9.17, 15) is 4.79 Å². The van der Waals surface area contributed by atoms with Crippen molar-refractivity contribution in [2.45, 2.75) is 19.1 Å². The summed E-state index contributed by atoms with van der Waals surface area (Å²) in [4.78, 5) is 17.4. The van der Waals surface area contributed by atoms with Gasteiger partial charge in [0.2, 0.25) is 6.10 Å². The van der Waals surface area contributed by atoms with Gasteiger partial charge in [0.25, 0.3) is 5.91 Å². The van der Waals surface area contributed by atoms with Gasteiger partial charge in [-0.3, -0.25) is 4.79 Å². The van der Waals surface area contributed by atoms with Crippen molar-refractivity contribution in [3.8, 4) is 11.5 Å². The maximum atomic E-state index is 12.1. The van der Waals surface area contributed by atoms with E-state index in [1.807, 2.05) is 12.1 Å². The number of nitrogens with zero attached hydrogens (tertiary/aromatic N) is 1. The topological polar surface area (TPSA) is 82.3 Å². The van der Waals surface area contributed by atoms with Gasteiger partial charge in [-0.1, -0.05) is 5.16 Å². The predicted molar refractivity (Wildman–Crippen MR) is 86.1 cm³/mol. The van der Waals surface area contributed by atoms with E-state index in [4.69, 9.17) is 18.7 Å². The number of rotatable bonds is 6. The van der Waals surface area contributed by atoms with Gasteiger partial charge in [0.1, 0.15) is 5.76 Å². The summed E-state index contributed by atoms with van der Waals surface area (Å²) in [6.07, 6.45) is 1.30. The van der Waals surface area contributed by atoms with Crippen LogP contribution in [-0.2, 0) is 16.2 Å². The number of hydrogen-bond acceptors (Lipinski definition) is 6. The molecule has 2 aromatic rings. The summed E-state index contributed by atoms with van der Waals surface area (Å²) in [6.45, 7) is 0.317. The summed E-state index contributed by atoms with van der Waals surface area (Å²) in [6, 6.07) is 9.02. The molecule has 1 aliphatic heterocycles. The normalized spacial score (nSPS) is 16.2. The van der Waals surface area contributed by atoms with Crippen LogP contribution in [0.3, 0.4) is 0 Å². The van der Waals surface area contributed by atoms with Crippen LogP contribution < -0.4 is 14.8 Å². The summed E-state index contributed by atoms with van der Waals surface area (Å²) in [5.74, 6) is 1.69. The Kier molecular flexibility index (Phi) is 4.69. The second-order valence-corrected chi connectivity index (χ2v) is 5.20. The SMILES string of the molecule is COc1ccc(C2=NO[C@H](C(=O)NCc3ccco3)C2)cc1OC. The molecule has 1 aromatic carbocycles. The highest BCUT2D eigenvalue weighted by Crippen LogP contribution is 2.29. The van der Waals surface area contributed by atoms with Gasteiger partial charge in [-0.05, 0) is 30.3 Å². The van der Waals surface area contributed by atoms with Crippen molar-refractivity contribution in [3.05, 3.63) is 47.9 Å². The number of carbonyl (C=O) groups is 1. The molecule has 0 fully saturated rings. The lowest BCUT2D eigenvalue weighted by Gasteiger charge is -2.09. The third-order valence-corrected chi connectivity index (χ3v) is 3.70. The molecule has 1 N–H and O–H groups in total. The fourth-order valence-electron chi connectivity index (χ4n) is 2.41. The lowest BCUT2D eigenvalue weighted by Crippen LogP contribution is -2.34. The zero-order valence-corrected chi connectivity index (χ0v) is 13.4. The van der Waals surface area contributed by atoms with Crippen LogP contribution in [0.15, 0.2) is 46.2 Å². The van der Waals surface area contributed by atoms with Crippen molar-refractivity contribution in [2.75, 3.05) is 14.2 Å². The molecule has 0 spiro atoms.